The topological polar surface area (TPSA) is 39.2 Å². The Morgan fingerprint density at radius 3 is 2.55 bits per heavy atom. The summed E-state index contributed by atoms with van der Waals surface area (Å²) in [7, 11) is 0. The van der Waals surface area contributed by atoms with E-state index in [1.807, 2.05) is 24.3 Å². The predicted octanol–water partition coefficient (Wildman–Crippen LogP) is 4.70. The molecule has 2 N–H and O–H groups in total. The van der Waals surface area contributed by atoms with Gasteiger partial charge in [-0.2, -0.15) is 0 Å². The Morgan fingerprint density at radius 2 is 1.90 bits per heavy atom. The molecule has 3 heteroatoms. The van der Waals surface area contributed by atoms with Crippen LogP contribution in [-0.4, -0.2) is 0 Å². The highest BCUT2D eigenvalue weighted by molar-refractivity contribution is 6.35. The summed E-state index contributed by atoms with van der Waals surface area (Å²) in [4.78, 5) is 0. The van der Waals surface area contributed by atoms with Crippen molar-refractivity contribution in [3.8, 4) is 0 Å². The molecule has 1 heterocycles. The van der Waals surface area contributed by atoms with Crippen LogP contribution in [0.5, 0.6) is 0 Å². The molecule has 20 heavy (non-hydrogen) atoms. The van der Waals surface area contributed by atoms with Crippen LogP contribution in [0.15, 0.2) is 52.9 Å². The molecule has 0 aliphatic heterocycles. The molecule has 0 aliphatic rings. The summed E-state index contributed by atoms with van der Waals surface area (Å²) in [6, 6.07) is 15.6. The van der Waals surface area contributed by atoms with Crippen molar-refractivity contribution < 1.29 is 4.42 Å². The summed E-state index contributed by atoms with van der Waals surface area (Å²) < 4.78 is 5.81. The van der Waals surface area contributed by atoms with Crippen LogP contribution >= 0.6 is 11.6 Å². The lowest BCUT2D eigenvalue weighted by molar-refractivity contribution is 0.525. The molecule has 1 atom stereocenters. The van der Waals surface area contributed by atoms with Crippen LogP contribution in [0.2, 0.25) is 5.02 Å². The zero-order chi connectivity index (χ0) is 14.1. The smallest absolute Gasteiger partial charge is 0.135 e. The van der Waals surface area contributed by atoms with Crippen LogP contribution in [0.1, 0.15) is 29.9 Å². The summed E-state index contributed by atoms with van der Waals surface area (Å²) >= 11 is 6.16. The van der Waals surface area contributed by atoms with E-state index in [0.717, 1.165) is 28.7 Å². The fraction of sp³-hybridized carbons (Fsp3) is 0.176. The standard InChI is InChI=1S/C17H16ClNO/c1-2-11-6-8-12(9-7-11)17(19)16-10-13-14(18)4-3-5-15(13)20-16/h3-10,17H,2,19H2,1H3. The van der Waals surface area contributed by atoms with E-state index >= 15 is 0 Å². The minimum atomic E-state index is -0.274. The van der Waals surface area contributed by atoms with Gasteiger partial charge in [-0.25, -0.2) is 0 Å². The van der Waals surface area contributed by atoms with E-state index in [4.69, 9.17) is 21.8 Å². The molecule has 0 saturated heterocycles. The largest absolute Gasteiger partial charge is 0.459 e. The van der Waals surface area contributed by atoms with Crippen molar-refractivity contribution in [2.45, 2.75) is 19.4 Å². The Hall–Kier alpha value is -1.77. The van der Waals surface area contributed by atoms with Gasteiger partial charge in [-0.15, -0.1) is 0 Å². The lowest BCUT2D eigenvalue weighted by Crippen LogP contribution is -2.10. The van der Waals surface area contributed by atoms with E-state index in [0.29, 0.717) is 5.02 Å². The van der Waals surface area contributed by atoms with Gasteiger partial charge in [-0.1, -0.05) is 48.9 Å². The maximum atomic E-state index is 6.28. The first-order valence-electron chi connectivity index (χ1n) is 6.71. The number of halogens is 1. The Labute approximate surface area is 123 Å². The average molecular weight is 286 g/mol. The first-order valence-corrected chi connectivity index (χ1v) is 7.09. The molecule has 0 amide bonds. The van der Waals surface area contributed by atoms with E-state index in [2.05, 4.69) is 31.2 Å². The second kappa shape index (κ2) is 5.31. The van der Waals surface area contributed by atoms with Gasteiger partial charge in [-0.3, -0.25) is 0 Å². The van der Waals surface area contributed by atoms with Crippen LogP contribution < -0.4 is 5.73 Å². The Bertz CT molecular complexity index is 730. The highest BCUT2D eigenvalue weighted by Gasteiger charge is 2.15. The summed E-state index contributed by atoms with van der Waals surface area (Å²) in [5, 5.41) is 1.59. The Kier molecular flexibility index (Phi) is 3.51. The summed E-state index contributed by atoms with van der Waals surface area (Å²) in [6.07, 6.45) is 1.02. The van der Waals surface area contributed by atoms with Gasteiger partial charge in [0, 0.05) is 5.39 Å². The van der Waals surface area contributed by atoms with E-state index in [1.54, 1.807) is 0 Å². The van der Waals surface area contributed by atoms with Crippen molar-refractivity contribution in [1.29, 1.82) is 0 Å². The van der Waals surface area contributed by atoms with Crippen molar-refractivity contribution in [2.75, 3.05) is 0 Å². The molecule has 0 bridgehead atoms. The van der Waals surface area contributed by atoms with Gasteiger partial charge in [0.1, 0.15) is 11.3 Å². The lowest BCUT2D eigenvalue weighted by atomic mass is 10.0. The highest BCUT2D eigenvalue weighted by Crippen LogP contribution is 2.30. The van der Waals surface area contributed by atoms with Crippen LogP contribution in [0, 0.1) is 0 Å². The summed E-state index contributed by atoms with van der Waals surface area (Å²) in [5.41, 5.74) is 9.40. The molecule has 2 nitrogen and oxygen atoms in total. The van der Waals surface area contributed by atoms with E-state index in [1.165, 1.54) is 5.56 Å². The van der Waals surface area contributed by atoms with Gasteiger partial charge in [0.15, 0.2) is 0 Å². The lowest BCUT2D eigenvalue weighted by Gasteiger charge is -2.09. The van der Waals surface area contributed by atoms with Crippen molar-refractivity contribution in [3.05, 3.63) is 70.4 Å². The van der Waals surface area contributed by atoms with E-state index in [9.17, 15) is 0 Å². The number of furan rings is 1. The molecule has 0 spiro atoms. The fourth-order valence-electron chi connectivity index (χ4n) is 2.32. The molecule has 2 aromatic carbocycles. The van der Waals surface area contributed by atoms with Crippen molar-refractivity contribution in [1.82, 2.24) is 0 Å². The van der Waals surface area contributed by atoms with Crippen molar-refractivity contribution in [3.63, 3.8) is 0 Å². The SMILES string of the molecule is CCc1ccc(C(N)c2cc3c(Cl)cccc3o2)cc1. The molecule has 0 fully saturated rings. The third-order valence-electron chi connectivity index (χ3n) is 3.58. The quantitative estimate of drug-likeness (QED) is 0.758. The van der Waals surface area contributed by atoms with Crippen molar-refractivity contribution in [2.24, 2.45) is 5.73 Å². The van der Waals surface area contributed by atoms with Gasteiger partial charge in [0.05, 0.1) is 11.1 Å². The third-order valence-corrected chi connectivity index (χ3v) is 3.91. The molecule has 1 aromatic heterocycles. The second-order valence-corrected chi connectivity index (χ2v) is 5.28. The molecule has 0 saturated carbocycles. The van der Waals surface area contributed by atoms with E-state index < -0.39 is 0 Å². The summed E-state index contributed by atoms with van der Waals surface area (Å²) in [6.45, 7) is 2.14. The molecule has 0 radical (unpaired) electrons. The first kappa shape index (κ1) is 13.2. The monoisotopic (exact) mass is 285 g/mol. The number of aryl methyl sites for hydroxylation is 1. The van der Waals surface area contributed by atoms with Crippen LogP contribution in [-0.2, 0) is 6.42 Å². The van der Waals surface area contributed by atoms with Gasteiger partial charge >= 0.3 is 0 Å². The Morgan fingerprint density at radius 1 is 1.15 bits per heavy atom. The van der Waals surface area contributed by atoms with Crippen LogP contribution in [0.3, 0.4) is 0 Å². The fourth-order valence-corrected chi connectivity index (χ4v) is 2.54. The number of hydrogen-bond acceptors (Lipinski definition) is 2. The number of rotatable bonds is 3. The number of benzene rings is 2. The Balaban J connectivity index is 1.98. The first-order chi connectivity index (χ1) is 9.69. The normalized spacial score (nSPS) is 12.8. The molecule has 1 unspecified atom stereocenters. The average Bonchev–Trinajstić information content (AvgIpc) is 2.92. The van der Waals surface area contributed by atoms with Gasteiger partial charge in [0.25, 0.3) is 0 Å². The number of hydrogen-bond donors (Lipinski definition) is 1. The van der Waals surface area contributed by atoms with Crippen molar-refractivity contribution >= 4 is 22.6 Å². The zero-order valence-electron chi connectivity index (χ0n) is 11.3. The molecular weight excluding hydrogens is 270 g/mol. The van der Waals surface area contributed by atoms with Gasteiger partial charge < -0.3 is 10.2 Å². The molecule has 3 aromatic rings. The molecule has 3 rings (SSSR count). The molecule has 102 valence electrons. The summed E-state index contributed by atoms with van der Waals surface area (Å²) in [5.74, 6) is 0.734. The third kappa shape index (κ3) is 2.33. The maximum absolute atomic E-state index is 6.28. The molecular formula is C17H16ClNO. The number of fused-ring (bicyclic) bond motifs is 1. The highest BCUT2D eigenvalue weighted by atomic mass is 35.5. The minimum Gasteiger partial charge on any atom is -0.459 e. The maximum Gasteiger partial charge on any atom is 0.135 e. The minimum absolute atomic E-state index is 0.274. The predicted molar refractivity (Wildman–Crippen MR) is 83.1 cm³/mol. The van der Waals surface area contributed by atoms with Gasteiger partial charge in [-0.05, 0) is 35.7 Å². The van der Waals surface area contributed by atoms with Crippen LogP contribution in [0.25, 0.3) is 11.0 Å². The number of nitrogens with two attached hydrogens (primary N) is 1. The second-order valence-electron chi connectivity index (χ2n) is 4.87. The van der Waals surface area contributed by atoms with Gasteiger partial charge in [0.2, 0.25) is 0 Å². The zero-order valence-corrected chi connectivity index (χ0v) is 12.0. The molecule has 0 aliphatic carbocycles. The van der Waals surface area contributed by atoms with Crippen LogP contribution in [0.4, 0.5) is 0 Å². The van der Waals surface area contributed by atoms with E-state index in [-0.39, 0.29) is 6.04 Å².